The number of rotatable bonds is 6. The number of carbonyl (C=O) groups excluding carboxylic acids is 1. The van der Waals surface area contributed by atoms with E-state index in [1.807, 2.05) is 25.7 Å². The Morgan fingerprint density at radius 1 is 1.32 bits per heavy atom. The Kier molecular flexibility index (Phi) is 8.23. The fraction of sp³-hybridized carbons (Fsp3) is 0.944. The number of unbranched alkanes of at least 4 members (excludes halogenated alkanes) is 2. The van der Waals surface area contributed by atoms with E-state index in [9.17, 15) is 4.79 Å². The van der Waals surface area contributed by atoms with Gasteiger partial charge < -0.3 is 15.0 Å². The first-order valence-electron chi connectivity index (χ1n) is 9.05. The summed E-state index contributed by atoms with van der Waals surface area (Å²) in [6.45, 7) is 11.9. The molecule has 0 aromatic carbocycles. The molecule has 1 amide bonds. The number of amides is 1. The normalized spacial score (nSPS) is 21.3. The zero-order valence-electron chi connectivity index (χ0n) is 15.3. The van der Waals surface area contributed by atoms with Crippen LogP contribution in [-0.4, -0.2) is 41.8 Å². The molecule has 130 valence electrons. The van der Waals surface area contributed by atoms with Gasteiger partial charge in [-0.25, -0.2) is 4.79 Å². The molecule has 0 aromatic heterocycles. The summed E-state index contributed by atoms with van der Waals surface area (Å²) >= 11 is 0. The maximum atomic E-state index is 12.3. The number of likely N-dealkylation sites (tertiary alicyclic amines) is 1. The summed E-state index contributed by atoms with van der Waals surface area (Å²) in [6.07, 6.45) is 8.31. The third kappa shape index (κ3) is 8.02. The molecule has 0 aliphatic carbocycles. The molecule has 1 fully saturated rings. The monoisotopic (exact) mass is 312 g/mol. The average molecular weight is 312 g/mol. The first-order chi connectivity index (χ1) is 10.3. The first kappa shape index (κ1) is 19.3. The highest BCUT2D eigenvalue weighted by Crippen LogP contribution is 2.16. The van der Waals surface area contributed by atoms with Crippen molar-refractivity contribution in [2.24, 2.45) is 0 Å². The highest BCUT2D eigenvalue weighted by Gasteiger charge is 2.26. The fourth-order valence-corrected chi connectivity index (χ4v) is 2.96. The SMILES string of the molecule is CCCCCC(C)NC1CCCCN(C(=O)OC(C)(C)C)C1. The lowest BCUT2D eigenvalue weighted by Crippen LogP contribution is -2.46. The quantitative estimate of drug-likeness (QED) is 0.742. The second kappa shape index (κ2) is 9.39. The van der Waals surface area contributed by atoms with Gasteiger partial charge >= 0.3 is 6.09 Å². The number of ether oxygens (including phenoxy) is 1. The molecule has 1 aliphatic heterocycles. The lowest BCUT2D eigenvalue weighted by Gasteiger charge is -2.30. The standard InChI is InChI=1S/C18H36N2O2/c1-6-7-8-11-15(2)19-16-12-9-10-13-20(14-16)17(21)22-18(3,4)5/h15-16,19H,6-14H2,1-5H3. The molecular weight excluding hydrogens is 276 g/mol. The smallest absolute Gasteiger partial charge is 0.410 e. The van der Waals surface area contributed by atoms with Gasteiger partial charge in [0.2, 0.25) is 0 Å². The van der Waals surface area contributed by atoms with Gasteiger partial charge in [-0.15, -0.1) is 0 Å². The van der Waals surface area contributed by atoms with E-state index < -0.39 is 5.60 Å². The van der Waals surface area contributed by atoms with E-state index in [2.05, 4.69) is 19.2 Å². The van der Waals surface area contributed by atoms with E-state index in [1.165, 1.54) is 32.1 Å². The zero-order valence-corrected chi connectivity index (χ0v) is 15.3. The van der Waals surface area contributed by atoms with Crippen molar-refractivity contribution >= 4 is 6.09 Å². The van der Waals surface area contributed by atoms with Crippen LogP contribution in [0.15, 0.2) is 0 Å². The lowest BCUT2D eigenvalue weighted by molar-refractivity contribution is 0.0242. The van der Waals surface area contributed by atoms with Gasteiger partial charge in [0.25, 0.3) is 0 Å². The Morgan fingerprint density at radius 3 is 2.68 bits per heavy atom. The minimum Gasteiger partial charge on any atom is -0.444 e. The van der Waals surface area contributed by atoms with Gasteiger partial charge in [0.1, 0.15) is 5.60 Å². The summed E-state index contributed by atoms with van der Waals surface area (Å²) < 4.78 is 5.52. The molecule has 0 aromatic rings. The van der Waals surface area contributed by atoms with Crippen molar-refractivity contribution in [1.82, 2.24) is 10.2 Å². The van der Waals surface area contributed by atoms with E-state index in [0.29, 0.717) is 12.1 Å². The van der Waals surface area contributed by atoms with Crippen molar-refractivity contribution < 1.29 is 9.53 Å². The van der Waals surface area contributed by atoms with Crippen LogP contribution in [0.5, 0.6) is 0 Å². The van der Waals surface area contributed by atoms with Crippen molar-refractivity contribution in [2.45, 2.75) is 97.2 Å². The van der Waals surface area contributed by atoms with Crippen molar-refractivity contribution in [3.05, 3.63) is 0 Å². The van der Waals surface area contributed by atoms with Crippen LogP contribution in [-0.2, 0) is 4.74 Å². The fourth-order valence-electron chi connectivity index (χ4n) is 2.96. The van der Waals surface area contributed by atoms with Gasteiger partial charge in [0.15, 0.2) is 0 Å². The molecule has 1 saturated heterocycles. The molecule has 0 spiro atoms. The van der Waals surface area contributed by atoms with Crippen LogP contribution < -0.4 is 5.32 Å². The Balaban J connectivity index is 2.46. The van der Waals surface area contributed by atoms with Crippen molar-refractivity contribution in [3.63, 3.8) is 0 Å². The Hall–Kier alpha value is -0.770. The maximum absolute atomic E-state index is 12.3. The number of hydrogen-bond donors (Lipinski definition) is 1. The van der Waals surface area contributed by atoms with E-state index in [4.69, 9.17) is 4.74 Å². The summed E-state index contributed by atoms with van der Waals surface area (Å²) in [7, 11) is 0. The summed E-state index contributed by atoms with van der Waals surface area (Å²) in [5, 5.41) is 3.72. The van der Waals surface area contributed by atoms with Crippen LogP contribution in [0.3, 0.4) is 0 Å². The summed E-state index contributed by atoms with van der Waals surface area (Å²) in [6, 6.07) is 0.918. The van der Waals surface area contributed by atoms with E-state index >= 15 is 0 Å². The van der Waals surface area contributed by atoms with Crippen LogP contribution >= 0.6 is 0 Å². The predicted octanol–water partition coefficient (Wildman–Crippen LogP) is 4.33. The molecule has 2 atom stereocenters. The van der Waals surface area contributed by atoms with E-state index in [-0.39, 0.29) is 6.09 Å². The molecule has 2 unspecified atom stereocenters. The van der Waals surface area contributed by atoms with Crippen molar-refractivity contribution in [1.29, 1.82) is 0 Å². The van der Waals surface area contributed by atoms with Gasteiger partial charge in [-0.2, -0.15) is 0 Å². The third-order valence-corrected chi connectivity index (χ3v) is 4.08. The molecule has 4 heteroatoms. The second-order valence-corrected chi connectivity index (χ2v) is 7.68. The van der Waals surface area contributed by atoms with Crippen LogP contribution in [0.1, 0.15) is 79.6 Å². The molecule has 0 bridgehead atoms. The predicted molar refractivity (Wildman–Crippen MR) is 92.2 cm³/mol. The lowest BCUT2D eigenvalue weighted by atomic mass is 10.1. The third-order valence-electron chi connectivity index (χ3n) is 4.08. The second-order valence-electron chi connectivity index (χ2n) is 7.68. The minimum absolute atomic E-state index is 0.167. The van der Waals surface area contributed by atoms with Crippen LogP contribution in [0, 0.1) is 0 Å². The first-order valence-corrected chi connectivity index (χ1v) is 9.05. The Morgan fingerprint density at radius 2 is 2.05 bits per heavy atom. The molecule has 0 radical (unpaired) electrons. The summed E-state index contributed by atoms with van der Waals surface area (Å²) in [5.74, 6) is 0. The number of hydrogen-bond acceptors (Lipinski definition) is 3. The highest BCUT2D eigenvalue weighted by molar-refractivity contribution is 5.68. The van der Waals surface area contributed by atoms with Gasteiger partial charge in [-0.1, -0.05) is 32.6 Å². The van der Waals surface area contributed by atoms with Gasteiger partial charge in [0, 0.05) is 25.2 Å². The molecule has 22 heavy (non-hydrogen) atoms. The van der Waals surface area contributed by atoms with Crippen LogP contribution in [0.2, 0.25) is 0 Å². The Labute approximate surface area is 137 Å². The molecule has 1 heterocycles. The maximum Gasteiger partial charge on any atom is 0.410 e. The largest absolute Gasteiger partial charge is 0.444 e. The molecule has 4 nitrogen and oxygen atoms in total. The highest BCUT2D eigenvalue weighted by atomic mass is 16.6. The number of nitrogens with one attached hydrogen (secondary N) is 1. The Bertz CT molecular complexity index is 326. The van der Waals surface area contributed by atoms with E-state index in [1.54, 1.807) is 0 Å². The van der Waals surface area contributed by atoms with Gasteiger partial charge in [0.05, 0.1) is 0 Å². The molecule has 1 rings (SSSR count). The minimum atomic E-state index is -0.417. The number of nitrogens with zero attached hydrogens (tertiary/aromatic N) is 1. The number of carbonyl (C=O) groups is 1. The van der Waals surface area contributed by atoms with Crippen LogP contribution in [0.25, 0.3) is 0 Å². The zero-order chi connectivity index (χ0) is 16.6. The van der Waals surface area contributed by atoms with E-state index in [0.717, 1.165) is 25.9 Å². The molecular formula is C18H36N2O2. The topological polar surface area (TPSA) is 41.6 Å². The van der Waals surface area contributed by atoms with Gasteiger partial charge in [-0.3, -0.25) is 0 Å². The van der Waals surface area contributed by atoms with Crippen LogP contribution in [0.4, 0.5) is 4.79 Å². The van der Waals surface area contributed by atoms with Gasteiger partial charge in [-0.05, 0) is 47.0 Å². The van der Waals surface area contributed by atoms with Crippen molar-refractivity contribution in [3.8, 4) is 0 Å². The molecule has 1 aliphatic rings. The molecule has 0 saturated carbocycles. The van der Waals surface area contributed by atoms with Crippen molar-refractivity contribution in [2.75, 3.05) is 13.1 Å². The summed E-state index contributed by atoms with van der Waals surface area (Å²) in [4.78, 5) is 14.2. The summed E-state index contributed by atoms with van der Waals surface area (Å²) in [5.41, 5.74) is -0.417. The average Bonchev–Trinajstić information content (AvgIpc) is 2.62. The molecule has 1 N–H and O–H groups in total.